The third kappa shape index (κ3) is 4.68. The molecule has 1 aliphatic rings. The molecule has 29 heavy (non-hydrogen) atoms. The topological polar surface area (TPSA) is 52.4 Å². The number of thioether (sulfide) groups is 1. The molecule has 2 aromatic carbocycles. The molecule has 2 heterocycles. The number of alkyl halides is 2. The van der Waals surface area contributed by atoms with Crippen molar-refractivity contribution in [3.05, 3.63) is 60.2 Å². The molecule has 0 N–H and O–H groups in total. The Morgan fingerprint density at radius 1 is 1.00 bits per heavy atom. The van der Waals surface area contributed by atoms with Crippen molar-refractivity contribution in [2.45, 2.75) is 17.5 Å². The van der Waals surface area contributed by atoms with Gasteiger partial charge in [-0.1, -0.05) is 48.2 Å². The fourth-order valence-electron chi connectivity index (χ4n) is 3.10. The van der Waals surface area contributed by atoms with Gasteiger partial charge in [0, 0.05) is 24.4 Å². The number of para-hydroxylation sites is 2. The molecule has 1 aliphatic heterocycles. The number of hydrogen-bond acceptors (Lipinski definition) is 6. The highest BCUT2D eigenvalue weighted by atomic mass is 32.2. The lowest BCUT2D eigenvalue weighted by atomic mass is 10.2. The van der Waals surface area contributed by atoms with Crippen LogP contribution in [0.1, 0.15) is 5.56 Å². The molecule has 6 nitrogen and oxygen atoms in total. The monoisotopic (exact) mass is 418 g/mol. The lowest BCUT2D eigenvalue weighted by Crippen LogP contribution is -2.37. The van der Waals surface area contributed by atoms with E-state index in [2.05, 4.69) is 19.8 Å². The van der Waals surface area contributed by atoms with Gasteiger partial charge in [0.25, 0.3) is 0 Å². The summed E-state index contributed by atoms with van der Waals surface area (Å²) in [5.41, 5.74) is 1.62. The summed E-state index contributed by atoms with van der Waals surface area (Å²) in [4.78, 5) is 2.14. The van der Waals surface area contributed by atoms with Crippen molar-refractivity contribution in [3.8, 4) is 11.4 Å². The smallest absolute Gasteiger partial charge is 0.387 e. The predicted molar refractivity (Wildman–Crippen MR) is 107 cm³/mol. The van der Waals surface area contributed by atoms with Gasteiger partial charge in [0.2, 0.25) is 5.95 Å². The lowest BCUT2D eigenvalue weighted by molar-refractivity contribution is -0.0503. The molecule has 1 aromatic heterocycles. The van der Waals surface area contributed by atoms with E-state index in [-0.39, 0.29) is 5.75 Å². The fourth-order valence-corrected chi connectivity index (χ4v) is 4.04. The number of morpholine rings is 1. The molecular weight excluding hydrogens is 398 g/mol. The number of nitrogens with zero attached hydrogens (tertiary/aromatic N) is 4. The van der Waals surface area contributed by atoms with Crippen molar-refractivity contribution in [2.75, 3.05) is 31.2 Å². The highest BCUT2D eigenvalue weighted by Gasteiger charge is 2.22. The molecule has 9 heteroatoms. The van der Waals surface area contributed by atoms with Crippen molar-refractivity contribution < 1.29 is 18.3 Å². The van der Waals surface area contributed by atoms with Gasteiger partial charge in [-0.15, -0.1) is 10.2 Å². The lowest BCUT2D eigenvalue weighted by Gasteiger charge is -2.27. The third-order valence-electron chi connectivity index (χ3n) is 4.47. The number of anilines is 1. The van der Waals surface area contributed by atoms with E-state index in [1.807, 2.05) is 34.9 Å². The Labute approximate surface area is 171 Å². The Balaban J connectivity index is 1.62. The van der Waals surface area contributed by atoms with E-state index in [0.29, 0.717) is 29.7 Å². The summed E-state index contributed by atoms with van der Waals surface area (Å²) in [6.07, 6.45) is 0. The fraction of sp³-hybridized carbons (Fsp3) is 0.300. The molecule has 0 spiro atoms. The Bertz CT molecular complexity index is 933. The second kappa shape index (κ2) is 9.23. The number of aromatic nitrogens is 3. The second-order valence-electron chi connectivity index (χ2n) is 6.33. The largest absolute Gasteiger partial charge is 0.435 e. The molecule has 152 valence electrons. The van der Waals surface area contributed by atoms with Crippen molar-refractivity contribution >= 4 is 17.7 Å². The Morgan fingerprint density at radius 3 is 2.48 bits per heavy atom. The van der Waals surface area contributed by atoms with E-state index >= 15 is 0 Å². The molecule has 1 saturated heterocycles. The van der Waals surface area contributed by atoms with Gasteiger partial charge in [-0.25, -0.2) is 0 Å². The van der Waals surface area contributed by atoms with Crippen LogP contribution in [0.3, 0.4) is 0 Å². The zero-order chi connectivity index (χ0) is 20.1. The SMILES string of the molecule is FC(F)Oc1ccccc1CSc1nnc(N2CCOCC2)n1-c1ccccc1. The van der Waals surface area contributed by atoms with Gasteiger partial charge < -0.3 is 14.4 Å². The van der Waals surface area contributed by atoms with Crippen LogP contribution in [0.4, 0.5) is 14.7 Å². The first kappa shape index (κ1) is 19.7. The molecule has 0 saturated carbocycles. The van der Waals surface area contributed by atoms with E-state index < -0.39 is 6.61 Å². The molecule has 4 rings (SSSR count). The van der Waals surface area contributed by atoms with Gasteiger partial charge in [-0.3, -0.25) is 4.57 Å². The quantitative estimate of drug-likeness (QED) is 0.541. The summed E-state index contributed by atoms with van der Waals surface area (Å²) in [6, 6.07) is 16.6. The molecule has 0 radical (unpaired) electrons. The maximum atomic E-state index is 12.7. The Kier molecular flexibility index (Phi) is 6.26. The average molecular weight is 418 g/mol. The van der Waals surface area contributed by atoms with Crippen LogP contribution >= 0.6 is 11.8 Å². The molecule has 0 bridgehead atoms. The first-order chi connectivity index (χ1) is 14.2. The van der Waals surface area contributed by atoms with E-state index in [9.17, 15) is 8.78 Å². The van der Waals surface area contributed by atoms with E-state index in [1.165, 1.54) is 11.8 Å². The first-order valence-corrected chi connectivity index (χ1v) is 10.2. The number of halogens is 2. The van der Waals surface area contributed by atoms with Crippen molar-refractivity contribution in [1.29, 1.82) is 0 Å². The number of rotatable bonds is 7. The van der Waals surface area contributed by atoms with Gasteiger partial charge in [0.05, 0.1) is 18.9 Å². The predicted octanol–water partition coefficient (Wildman–Crippen LogP) is 4.00. The first-order valence-electron chi connectivity index (χ1n) is 9.21. The Hall–Kier alpha value is -2.65. The minimum Gasteiger partial charge on any atom is -0.435 e. The highest BCUT2D eigenvalue weighted by Crippen LogP contribution is 2.32. The second-order valence-corrected chi connectivity index (χ2v) is 7.27. The summed E-state index contributed by atoms with van der Waals surface area (Å²) in [5, 5.41) is 9.47. The van der Waals surface area contributed by atoms with Crippen LogP contribution in [-0.4, -0.2) is 47.7 Å². The summed E-state index contributed by atoms with van der Waals surface area (Å²) < 4.78 is 37.4. The minimum absolute atomic E-state index is 0.175. The number of ether oxygens (including phenoxy) is 2. The van der Waals surface area contributed by atoms with Gasteiger partial charge in [-0.05, 0) is 18.2 Å². The molecule has 0 aliphatic carbocycles. The van der Waals surface area contributed by atoms with Gasteiger partial charge in [-0.2, -0.15) is 8.78 Å². The van der Waals surface area contributed by atoms with Crippen LogP contribution in [0.5, 0.6) is 5.75 Å². The van der Waals surface area contributed by atoms with Crippen LogP contribution in [-0.2, 0) is 10.5 Å². The zero-order valence-electron chi connectivity index (χ0n) is 15.6. The zero-order valence-corrected chi connectivity index (χ0v) is 16.4. The van der Waals surface area contributed by atoms with Gasteiger partial charge in [0.1, 0.15) is 5.75 Å². The number of hydrogen-bond donors (Lipinski definition) is 0. The van der Waals surface area contributed by atoms with Crippen LogP contribution in [0.2, 0.25) is 0 Å². The molecule has 0 unspecified atom stereocenters. The maximum absolute atomic E-state index is 12.7. The summed E-state index contributed by atoms with van der Waals surface area (Å²) in [5.74, 6) is 1.35. The van der Waals surface area contributed by atoms with Crippen molar-refractivity contribution in [1.82, 2.24) is 14.8 Å². The molecule has 0 atom stereocenters. The molecule has 0 amide bonds. The molecule has 3 aromatic rings. The minimum atomic E-state index is -2.86. The summed E-state index contributed by atoms with van der Waals surface area (Å²) in [6.45, 7) is -0.103. The van der Waals surface area contributed by atoms with E-state index in [1.54, 1.807) is 24.3 Å². The summed E-state index contributed by atoms with van der Waals surface area (Å²) in [7, 11) is 0. The standard InChI is InChI=1S/C20H20F2N4O2S/c21-18(22)28-17-9-5-4-6-15(17)14-29-20-24-23-19(25-10-12-27-13-11-25)26(20)16-7-2-1-3-8-16/h1-9,18H,10-14H2. The third-order valence-corrected chi connectivity index (χ3v) is 5.45. The van der Waals surface area contributed by atoms with Crippen molar-refractivity contribution in [2.24, 2.45) is 0 Å². The van der Waals surface area contributed by atoms with Gasteiger partial charge in [0.15, 0.2) is 5.16 Å². The van der Waals surface area contributed by atoms with Gasteiger partial charge >= 0.3 is 6.61 Å². The molecule has 1 fully saturated rings. The normalized spacial score (nSPS) is 14.4. The van der Waals surface area contributed by atoms with Crippen LogP contribution in [0, 0.1) is 0 Å². The average Bonchev–Trinajstić information content (AvgIpc) is 3.18. The highest BCUT2D eigenvalue weighted by molar-refractivity contribution is 7.98. The summed E-state index contributed by atoms with van der Waals surface area (Å²) >= 11 is 1.43. The van der Waals surface area contributed by atoms with Crippen LogP contribution in [0.15, 0.2) is 59.8 Å². The van der Waals surface area contributed by atoms with Crippen LogP contribution < -0.4 is 9.64 Å². The number of benzene rings is 2. The maximum Gasteiger partial charge on any atom is 0.387 e. The van der Waals surface area contributed by atoms with E-state index in [0.717, 1.165) is 24.7 Å². The van der Waals surface area contributed by atoms with Crippen LogP contribution in [0.25, 0.3) is 5.69 Å². The Morgan fingerprint density at radius 2 is 1.72 bits per heavy atom. The van der Waals surface area contributed by atoms with Crippen molar-refractivity contribution in [3.63, 3.8) is 0 Å². The molecular formula is C20H20F2N4O2S. The van der Waals surface area contributed by atoms with E-state index in [4.69, 9.17) is 4.74 Å².